The van der Waals surface area contributed by atoms with Crippen LogP contribution in [0.4, 0.5) is 11.4 Å². The van der Waals surface area contributed by atoms with Gasteiger partial charge in [-0.05, 0) is 79.2 Å². The number of hydrogen-bond donors (Lipinski definition) is 2. The molecule has 0 saturated carbocycles. The molecule has 3 aromatic carbocycles. The second-order valence-corrected chi connectivity index (χ2v) is 10.0. The van der Waals surface area contributed by atoms with E-state index in [0.717, 1.165) is 48.0 Å². The minimum absolute atomic E-state index is 0.246. The third kappa shape index (κ3) is 5.75. The first-order valence-electron chi connectivity index (χ1n) is 11.0. The molecule has 0 spiro atoms. The molecule has 0 amide bonds. The number of aromatic nitrogens is 2. The molecule has 0 atom stereocenters. The number of anilines is 2. The summed E-state index contributed by atoms with van der Waals surface area (Å²) in [5.74, 6) is 1.01. The monoisotopic (exact) mass is 543 g/mol. The lowest BCUT2D eigenvalue weighted by molar-refractivity contribution is 0.306. The Morgan fingerprint density at radius 3 is 2.51 bits per heavy atom. The Hall–Kier alpha value is -3.55. The number of nitrogens with zero attached hydrogens (tertiary/aromatic N) is 2. The van der Waals surface area contributed by atoms with Crippen molar-refractivity contribution in [3.8, 4) is 11.5 Å². The number of rotatable bonds is 7. The van der Waals surface area contributed by atoms with Crippen molar-refractivity contribution in [1.82, 2.24) is 9.97 Å². The number of phenolic OH excluding ortho intramolecular Hbond substituents is 1. The lowest BCUT2D eigenvalue weighted by Crippen LogP contribution is -1.99. The molecule has 0 unspecified atom stereocenters. The van der Waals surface area contributed by atoms with E-state index >= 15 is 0 Å². The molecule has 35 heavy (non-hydrogen) atoms. The average Bonchev–Trinajstić information content (AvgIpc) is 2.86. The molecule has 0 fully saturated rings. The van der Waals surface area contributed by atoms with E-state index in [2.05, 4.69) is 31.2 Å². The van der Waals surface area contributed by atoms with Gasteiger partial charge in [0.05, 0.1) is 11.4 Å². The number of hydrogen-bond acceptors (Lipinski definition) is 6. The van der Waals surface area contributed by atoms with Gasteiger partial charge in [-0.2, -0.15) is 0 Å². The Balaban J connectivity index is 1.47. The van der Waals surface area contributed by atoms with Crippen molar-refractivity contribution in [2.45, 2.75) is 23.3 Å². The van der Waals surface area contributed by atoms with E-state index in [1.807, 2.05) is 79.7 Å². The predicted octanol–water partition coefficient (Wildman–Crippen LogP) is 7.88. The Kier molecular flexibility index (Phi) is 6.88. The van der Waals surface area contributed by atoms with Crippen molar-refractivity contribution in [3.63, 3.8) is 0 Å². The maximum absolute atomic E-state index is 9.64. The van der Waals surface area contributed by atoms with Crippen molar-refractivity contribution >= 4 is 50.1 Å². The number of nitrogens with one attached hydrogen (secondary N) is 1. The fourth-order valence-corrected chi connectivity index (χ4v) is 4.70. The Bertz CT molecular complexity index is 1470. The average molecular weight is 544 g/mol. The second kappa shape index (κ2) is 10.4. The molecule has 0 saturated heterocycles. The Morgan fingerprint density at radius 2 is 1.71 bits per heavy atom. The van der Waals surface area contributed by atoms with Gasteiger partial charge in [0, 0.05) is 37.6 Å². The highest BCUT2D eigenvalue weighted by Crippen LogP contribution is 2.38. The van der Waals surface area contributed by atoms with Crippen LogP contribution >= 0.6 is 27.7 Å². The van der Waals surface area contributed by atoms with Gasteiger partial charge >= 0.3 is 0 Å². The van der Waals surface area contributed by atoms with Crippen LogP contribution in [0.5, 0.6) is 11.5 Å². The van der Waals surface area contributed by atoms with E-state index in [4.69, 9.17) is 4.74 Å². The van der Waals surface area contributed by atoms with Crippen LogP contribution in [0.3, 0.4) is 0 Å². The fraction of sp³-hybridized carbons (Fsp3) is 0.0714. The normalized spacial score (nSPS) is 10.9. The molecule has 5 rings (SSSR count). The van der Waals surface area contributed by atoms with Crippen LogP contribution in [-0.2, 0) is 6.61 Å². The summed E-state index contributed by atoms with van der Waals surface area (Å²) in [6, 6.07) is 27.3. The van der Waals surface area contributed by atoms with E-state index in [0.29, 0.717) is 12.3 Å². The molecule has 0 aliphatic heterocycles. The first kappa shape index (κ1) is 23.2. The minimum Gasteiger partial charge on any atom is -0.508 e. The van der Waals surface area contributed by atoms with Gasteiger partial charge in [-0.1, -0.05) is 39.8 Å². The molecule has 0 radical (unpaired) electrons. The number of aromatic hydroxyl groups is 1. The van der Waals surface area contributed by atoms with E-state index in [-0.39, 0.29) is 5.75 Å². The molecule has 2 N–H and O–H groups in total. The Labute approximate surface area is 216 Å². The van der Waals surface area contributed by atoms with Gasteiger partial charge in [0.15, 0.2) is 5.65 Å². The van der Waals surface area contributed by atoms with E-state index in [1.54, 1.807) is 30.1 Å². The van der Waals surface area contributed by atoms with Crippen molar-refractivity contribution in [3.05, 3.63) is 107 Å². The predicted molar refractivity (Wildman–Crippen MR) is 145 cm³/mol. The standard InChI is InChI=1S/C28H22BrN3O2S/c1-18-2-12-24-25(14-15-30-28(24)31-18)32-26-16-22(34-17-19-3-5-20(29)6-4-19)9-13-27(26)35-23-10-7-21(33)8-11-23/h2-16,33H,17H2,1H3,(H,30,31,32). The van der Waals surface area contributed by atoms with E-state index in [1.165, 1.54) is 0 Å². The van der Waals surface area contributed by atoms with Crippen LogP contribution in [0.15, 0.2) is 105 Å². The summed E-state index contributed by atoms with van der Waals surface area (Å²) in [7, 11) is 0. The van der Waals surface area contributed by atoms with Crippen LogP contribution in [0.1, 0.15) is 11.3 Å². The van der Waals surface area contributed by atoms with Gasteiger partial charge < -0.3 is 15.2 Å². The molecule has 7 heteroatoms. The third-order valence-electron chi connectivity index (χ3n) is 5.35. The number of ether oxygens (including phenoxy) is 1. The largest absolute Gasteiger partial charge is 0.508 e. The van der Waals surface area contributed by atoms with Crippen LogP contribution < -0.4 is 10.1 Å². The summed E-state index contributed by atoms with van der Waals surface area (Å²) < 4.78 is 7.15. The summed E-state index contributed by atoms with van der Waals surface area (Å²) in [5, 5.41) is 14.2. The molecule has 0 aliphatic carbocycles. The number of pyridine rings is 2. The highest BCUT2D eigenvalue weighted by atomic mass is 79.9. The third-order valence-corrected chi connectivity index (χ3v) is 6.96. The highest BCUT2D eigenvalue weighted by molar-refractivity contribution is 9.10. The second-order valence-electron chi connectivity index (χ2n) is 7.98. The molecular weight excluding hydrogens is 522 g/mol. The number of halogens is 1. The SMILES string of the molecule is Cc1ccc2c(Nc3cc(OCc4ccc(Br)cc4)ccc3Sc3ccc(O)cc3)ccnc2n1. The topological polar surface area (TPSA) is 67.3 Å². The number of phenols is 1. The van der Waals surface area contributed by atoms with Gasteiger partial charge in [-0.25, -0.2) is 9.97 Å². The van der Waals surface area contributed by atoms with Gasteiger partial charge in [0.25, 0.3) is 0 Å². The highest BCUT2D eigenvalue weighted by Gasteiger charge is 2.11. The number of fused-ring (bicyclic) bond motifs is 1. The first-order valence-corrected chi connectivity index (χ1v) is 12.6. The number of aryl methyl sites for hydroxylation is 1. The molecule has 174 valence electrons. The van der Waals surface area contributed by atoms with Crippen molar-refractivity contribution in [2.75, 3.05) is 5.32 Å². The molecule has 2 heterocycles. The van der Waals surface area contributed by atoms with Crippen LogP contribution in [0, 0.1) is 6.92 Å². The lowest BCUT2D eigenvalue weighted by Gasteiger charge is -2.16. The fourth-order valence-electron chi connectivity index (χ4n) is 3.55. The molecule has 5 nitrogen and oxygen atoms in total. The van der Waals surface area contributed by atoms with Crippen molar-refractivity contribution < 1.29 is 9.84 Å². The van der Waals surface area contributed by atoms with Gasteiger partial charge in [0.1, 0.15) is 18.1 Å². The summed E-state index contributed by atoms with van der Waals surface area (Å²) in [4.78, 5) is 11.0. The van der Waals surface area contributed by atoms with Crippen LogP contribution in [0.25, 0.3) is 11.0 Å². The zero-order chi connectivity index (χ0) is 24.2. The summed E-state index contributed by atoms with van der Waals surface area (Å²) in [6.07, 6.45) is 1.76. The summed E-state index contributed by atoms with van der Waals surface area (Å²) in [6.45, 7) is 2.43. The van der Waals surface area contributed by atoms with E-state index in [9.17, 15) is 5.11 Å². The molecular formula is C28H22BrN3O2S. The van der Waals surface area contributed by atoms with Crippen molar-refractivity contribution in [2.24, 2.45) is 0 Å². The maximum atomic E-state index is 9.64. The van der Waals surface area contributed by atoms with Crippen molar-refractivity contribution in [1.29, 1.82) is 0 Å². The molecule has 0 aliphatic rings. The first-order chi connectivity index (χ1) is 17.0. The van der Waals surface area contributed by atoms with Crippen LogP contribution in [-0.4, -0.2) is 15.1 Å². The summed E-state index contributed by atoms with van der Waals surface area (Å²) >= 11 is 5.08. The summed E-state index contributed by atoms with van der Waals surface area (Å²) in [5.41, 5.74) is 4.54. The smallest absolute Gasteiger partial charge is 0.161 e. The zero-order valence-corrected chi connectivity index (χ0v) is 21.3. The van der Waals surface area contributed by atoms with Gasteiger partial charge in [-0.15, -0.1) is 0 Å². The van der Waals surface area contributed by atoms with Gasteiger partial charge in [-0.3, -0.25) is 0 Å². The van der Waals surface area contributed by atoms with E-state index < -0.39 is 0 Å². The molecule has 2 aromatic heterocycles. The number of benzene rings is 3. The minimum atomic E-state index is 0.246. The molecule has 0 bridgehead atoms. The van der Waals surface area contributed by atoms with Crippen LogP contribution in [0.2, 0.25) is 0 Å². The Morgan fingerprint density at radius 1 is 0.914 bits per heavy atom. The zero-order valence-electron chi connectivity index (χ0n) is 18.9. The lowest BCUT2D eigenvalue weighted by atomic mass is 10.2. The molecule has 5 aromatic rings. The maximum Gasteiger partial charge on any atom is 0.161 e. The quantitative estimate of drug-likeness (QED) is 0.217. The van der Waals surface area contributed by atoms with Gasteiger partial charge in [0.2, 0.25) is 0 Å².